The van der Waals surface area contributed by atoms with Crippen LogP contribution in [0.25, 0.3) is 0 Å². The minimum atomic E-state index is 0.950. The molecule has 106 valence electrons. The zero-order valence-electron chi connectivity index (χ0n) is 12.7. The van der Waals surface area contributed by atoms with Gasteiger partial charge in [0.25, 0.3) is 0 Å². The van der Waals surface area contributed by atoms with E-state index in [-0.39, 0.29) is 0 Å². The Hall–Kier alpha value is -1.96. The standard InChI is InChI=1S/C18H24N2/c1-4-20(18-11-6-5-9-16(18)3)13-12-19-17-10-7-8-15(2)14-17/h5-11,14,19H,4,12-13H2,1-3H3. The summed E-state index contributed by atoms with van der Waals surface area (Å²) in [6, 6.07) is 17.1. The topological polar surface area (TPSA) is 15.3 Å². The van der Waals surface area contributed by atoms with Crippen LogP contribution in [0.3, 0.4) is 0 Å². The number of likely N-dealkylation sites (N-methyl/N-ethyl adjacent to an activating group) is 1. The highest BCUT2D eigenvalue weighted by Gasteiger charge is 2.06. The summed E-state index contributed by atoms with van der Waals surface area (Å²) in [5.41, 5.74) is 5.16. The van der Waals surface area contributed by atoms with Crippen molar-refractivity contribution < 1.29 is 0 Å². The summed E-state index contributed by atoms with van der Waals surface area (Å²) in [6.45, 7) is 9.49. The minimum Gasteiger partial charge on any atom is -0.383 e. The van der Waals surface area contributed by atoms with Gasteiger partial charge < -0.3 is 10.2 Å². The third kappa shape index (κ3) is 3.77. The molecule has 0 fully saturated rings. The summed E-state index contributed by atoms with van der Waals surface area (Å²) in [6.07, 6.45) is 0. The molecule has 0 aliphatic heterocycles. The molecule has 2 nitrogen and oxygen atoms in total. The molecule has 0 atom stereocenters. The Morgan fingerprint density at radius 3 is 2.50 bits per heavy atom. The molecule has 0 saturated heterocycles. The molecule has 0 aliphatic rings. The summed E-state index contributed by atoms with van der Waals surface area (Å²) >= 11 is 0. The lowest BCUT2D eigenvalue weighted by Crippen LogP contribution is -2.29. The number of benzene rings is 2. The first-order chi connectivity index (χ1) is 9.70. The van der Waals surface area contributed by atoms with Crippen molar-refractivity contribution in [1.82, 2.24) is 0 Å². The molecule has 0 spiro atoms. The van der Waals surface area contributed by atoms with E-state index in [0.29, 0.717) is 0 Å². The van der Waals surface area contributed by atoms with Gasteiger partial charge >= 0.3 is 0 Å². The first-order valence-corrected chi connectivity index (χ1v) is 7.32. The maximum atomic E-state index is 3.50. The highest BCUT2D eigenvalue weighted by atomic mass is 15.1. The zero-order valence-corrected chi connectivity index (χ0v) is 12.7. The SMILES string of the molecule is CCN(CCNc1cccc(C)c1)c1ccccc1C. The van der Waals surface area contributed by atoms with Crippen LogP contribution in [0.5, 0.6) is 0 Å². The van der Waals surface area contributed by atoms with Crippen LogP contribution in [-0.4, -0.2) is 19.6 Å². The monoisotopic (exact) mass is 268 g/mol. The Labute approximate surface area is 122 Å². The molecule has 0 aliphatic carbocycles. The van der Waals surface area contributed by atoms with E-state index in [0.717, 1.165) is 19.6 Å². The molecule has 2 aromatic carbocycles. The Bertz CT molecular complexity index is 549. The summed E-state index contributed by atoms with van der Waals surface area (Å²) in [5, 5.41) is 3.50. The van der Waals surface area contributed by atoms with Gasteiger partial charge in [0.1, 0.15) is 0 Å². The van der Waals surface area contributed by atoms with Gasteiger partial charge in [-0.25, -0.2) is 0 Å². The third-order valence-electron chi connectivity index (χ3n) is 3.57. The van der Waals surface area contributed by atoms with E-state index in [2.05, 4.69) is 79.5 Å². The molecule has 0 aromatic heterocycles. The van der Waals surface area contributed by atoms with Crippen molar-refractivity contribution >= 4 is 11.4 Å². The van der Waals surface area contributed by atoms with Crippen molar-refractivity contribution in [3.8, 4) is 0 Å². The molecule has 0 radical (unpaired) electrons. The van der Waals surface area contributed by atoms with Crippen LogP contribution >= 0.6 is 0 Å². The van der Waals surface area contributed by atoms with E-state index >= 15 is 0 Å². The molecule has 0 saturated carbocycles. The van der Waals surface area contributed by atoms with E-state index in [1.807, 2.05) is 0 Å². The second-order valence-corrected chi connectivity index (χ2v) is 5.16. The quantitative estimate of drug-likeness (QED) is 0.843. The van der Waals surface area contributed by atoms with Gasteiger partial charge in [0.15, 0.2) is 0 Å². The lowest BCUT2D eigenvalue weighted by molar-refractivity contribution is 0.831. The summed E-state index contributed by atoms with van der Waals surface area (Å²) in [5.74, 6) is 0. The van der Waals surface area contributed by atoms with E-state index in [1.165, 1.54) is 22.5 Å². The molecule has 0 amide bonds. The van der Waals surface area contributed by atoms with Gasteiger partial charge in [0.05, 0.1) is 0 Å². The summed E-state index contributed by atoms with van der Waals surface area (Å²) < 4.78 is 0. The van der Waals surface area contributed by atoms with Crippen LogP contribution < -0.4 is 10.2 Å². The Morgan fingerprint density at radius 2 is 1.80 bits per heavy atom. The number of nitrogens with zero attached hydrogens (tertiary/aromatic N) is 1. The lowest BCUT2D eigenvalue weighted by atomic mass is 10.2. The lowest BCUT2D eigenvalue weighted by Gasteiger charge is -2.25. The molecule has 20 heavy (non-hydrogen) atoms. The second kappa shape index (κ2) is 6.99. The predicted octanol–water partition coefficient (Wildman–Crippen LogP) is 4.24. The van der Waals surface area contributed by atoms with Gasteiger partial charge in [-0.2, -0.15) is 0 Å². The zero-order chi connectivity index (χ0) is 14.4. The molecular weight excluding hydrogens is 244 g/mol. The molecule has 2 rings (SSSR count). The van der Waals surface area contributed by atoms with E-state index in [4.69, 9.17) is 0 Å². The van der Waals surface area contributed by atoms with Crippen molar-refractivity contribution in [3.63, 3.8) is 0 Å². The molecule has 2 aromatic rings. The average molecular weight is 268 g/mol. The highest BCUT2D eigenvalue weighted by molar-refractivity contribution is 5.53. The largest absolute Gasteiger partial charge is 0.383 e. The van der Waals surface area contributed by atoms with Gasteiger partial charge in [-0.15, -0.1) is 0 Å². The molecular formula is C18H24N2. The van der Waals surface area contributed by atoms with Gasteiger partial charge in [0.2, 0.25) is 0 Å². The molecule has 0 bridgehead atoms. The predicted molar refractivity (Wildman–Crippen MR) is 88.7 cm³/mol. The van der Waals surface area contributed by atoms with Gasteiger partial charge in [0, 0.05) is 31.0 Å². The Morgan fingerprint density at radius 1 is 1.00 bits per heavy atom. The minimum absolute atomic E-state index is 0.950. The third-order valence-corrected chi connectivity index (χ3v) is 3.57. The fraction of sp³-hybridized carbons (Fsp3) is 0.333. The van der Waals surface area contributed by atoms with Crippen molar-refractivity contribution in [2.24, 2.45) is 0 Å². The first-order valence-electron chi connectivity index (χ1n) is 7.32. The van der Waals surface area contributed by atoms with E-state index in [1.54, 1.807) is 0 Å². The van der Waals surface area contributed by atoms with E-state index < -0.39 is 0 Å². The number of hydrogen-bond donors (Lipinski definition) is 1. The summed E-state index contributed by atoms with van der Waals surface area (Å²) in [4.78, 5) is 2.41. The van der Waals surface area contributed by atoms with Crippen LogP contribution in [0.15, 0.2) is 48.5 Å². The van der Waals surface area contributed by atoms with Crippen molar-refractivity contribution in [3.05, 3.63) is 59.7 Å². The highest BCUT2D eigenvalue weighted by Crippen LogP contribution is 2.18. The smallest absolute Gasteiger partial charge is 0.0396 e. The maximum absolute atomic E-state index is 3.50. The fourth-order valence-electron chi connectivity index (χ4n) is 2.46. The average Bonchev–Trinajstić information content (AvgIpc) is 2.45. The number of anilines is 2. The Balaban J connectivity index is 1.93. The van der Waals surface area contributed by atoms with Crippen LogP contribution in [0.2, 0.25) is 0 Å². The van der Waals surface area contributed by atoms with Gasteiger partial charge in [-0.05, 0) is 50.1 Å². The molecule has 0 heterocycles. The number of nitrogens with one attached hydrogen (secondary N) is 1. The van der Waals surface area contributed by atoms with Crippen LogP contribution in [0.1, 0.15) is 18.1 Å². The first kappa shape index (κ1) is 14.4. The number of para-hydroxylation sites is 1. The van der Waals surface area contributed by atoms with Crippen LogP contribution in [0.4, 0.5) is 11.4 Å². The van der Waals surface area contributed by atoms with E-state index in [9.17, 15) is 0 Å². The maximum Gasteiger partial charge on any atom is 0.0396 e. The molecule has 0 unspecified atom stereocenters. The normalized spacial score (nSPS) is 10.3. The van der Waals surface area contributed by atoms with Crippen LogP contribution in [0, 0.1) is 13.8 Å². The van der Waals surface area contributed by atoms with Crippen LogP contribution in [-0.2, 0) is 0 Å². The number of hydrogen-bond acceptors (Lipinski definition) is 2. The number of rotatable bonds is 6. The molecule has 1 N–H and O–H groups in total. The van der Waals surface area contributed by atoms with Crippen molar-refractivity contribution in [2.75, 3.05) is 29.9 Å². The fourth-order valence-corrected chi connectivity index (χ4v) is 2.46. The van der Waals surface area contributed by atoms with Gasteiger partial charge in [-0.1, -0.05) is 30.3 Å². The van der Waals surface area contributed by atoms with Crippen molar-refractivity contribution in [1.29, 1.82) is 0 Å². The molecule has 2 heteroatoms. The Kier molecular flexibility index (Phi) is 5.05. The number of aryl methyl sites for hydroxylation is 2. The van der Waals surface area contributed by atoms with Gasteiger partial charge in [-0.3, -0.25) is 0 Å². The summed E-state index contributed by atoms with van der Waals surface area (Å²) in [7, 11) is 0. The van der Waals surface area contributed by atoms with Crippen molar-refractivity contribution in [2.45, 2.75) is 20.8 Å². The second-order valence-electron chi connectivity index (χ2n) is 5.16.